The SMILES string of the molecule is OCCn1cc(CNC2CCCCCC2)nn1. The van der Waals surface area contributed by atoms with Gasteiger partial charge in [-0.25, -0.2) is 4.68 Å². The number of rotatable bonds is 5. The average molecular weight is 238 g/mol. The molecule has 1 heterocycles. The Morgan fingerprint density at radius 1 is 1.29 bits per heavy atom. The molecule has 96 valence electrons. The molecule has 1 aliphatic carbocycles. The van der Waals surface area contributed by atoms with E-state index >= 15 is 0 Å². The van der Waals surface area contributed by atoms with Crippen molar-refractivity contribution < 1.29 is 5.11 Å². The van der Waals surface area contributed by atoms with Gasteiger partial charge in [-0.3, -0.25) is 0 Å². The van der Waals surface area contributed by atoms with Crippen LogP contribution in [0.5, 0.6) is 0 Å². The molecule has 1 aromatic rings. The first kappa shape index (κ1) is 12.5. The van der Waals surface area contributed by atoms with Crippen molar-refractivity contribution in [2.24, 2.45) is 0 Å². The molecule has 0 aromatic carbocycles. The first-order valence-electron chi connectivity index (χ1n) is 6.62. The van der Waals surface area contributed by atoms with E-state index in [1.807, 2.05) is 6.20 Å². The van der Waals surface area contributed by atoms with Gasteiger partial charge < -0.3 is 10.4 Å². The summed E-state index contributed by atoms with van der Waals surface area (Å²) in [6.07, 6.45) is 9.91. The Hall–Kier alpha value is -0.940. The van der Waals surface area contributed by atoms with Crippen LogP contribution in [0, 0.1) is 0 Å². The molecular weight excluding hydrogens is 216 g/mol. The lowest BCUT2D eigenvalue weighted by Gasteiger charge is -2.14. The Morgan fingerprint density at radius 3 is 2.76 bits per heavy atom. The zero-order chi connectivity index (χ0) is 11.9. The first-order chi connectivity index (χ1) is 8.38. The maximum absolute atomic E-state index is 8.79. The van der Waals surface area contributed by atoms with Crippen molar-refractivity contribution in [2.75, 3.05) is 6.61 Å². The number of nitrogens with one attached hydrogen (secondary N) is 1. The van der Waals surface area contributed by atoms with Gasteiger partial charge in [-0.2, -0.15) is 0 Å². The van der Waals surface area contributed by atoms with Gasteiger partial charge in [-0.15, -0.1) is 5.10 Å². The Balaban J connectivity index is 1.75. The van der Waals surface area contributed by atoms with Gasteiger partial charge >= 0.3 is 0 Å². The van der Waals surface area contributed by atoms with E-state index in [4.69, 9.17) is 5.11 Å². The van der Waals surface area contributed by atoms with Crippen LogP contribution in [0.15, 0.2) is 6.20 Å². The minimum atomic E-state index is 0.110. The van der Waals surface area contributed by atoms with Crippen LogP contribution in [0.2, 0.25) is 0 Å². The molecule has 1 aromatic heterocycles. The fraction of sp³-hybridized carbons (Fsp3) is 0.833. The van der Waals surface area contributed by atoms with E-state index in [9.17, 15) is 0 Å². The van der Waals surface area contributed by atoms with Gasteiger partial charge in [-0.1, -0.05) is 30.9 Å². The highest BCUT2D eigenvalue weighted by Crippen LogP contribution is 2.17. The quantitative estimate of drug-likeness (QED) is 0.754. The molecule has 2 N–H and O–H groups in total. The van der Waals surface area contributed by atoms with Gasteiger partial charge in [0.05, 0.1) is 18.8 Å². The predicted molar refractivity (Wildman–Crippen MR) is 65.4 cm³/mol. The van der Waals surface area contributed by atoms with E-state index in [1.54, 1.807) is 4.68 Å². The minimum Gasteiger partial charge on any atom is -0.394 e. The number of hydrogen-bond acceptors (Lipinski definition) is 4. The van der Waals surface area contributed by atoms with Crippen LogP contribution >= 0.6 is 0 Å². The zero-order valence-corrected chi connectivity index (χ0v) is 10.3. The van der Waals surface area contributed by atoms with Crippen LogP contribution in [0.25, 0.3) is 0 Å². The molecule has 1 aliphatic rings. The van der Waals surface area contributed by atoms with E-state index in [0.717, 1.165) is 12.2 Å². The molecule has 0 bridgehead atoms. The third-order valence-corrected chi connectivity index (χ3v) is 3.34. The summed E-state index contributed by atoms with van der Waals surface area (Å²) in [4.78, 5) is 0. The van der Waals surface area contributed by atoms with Gasteiger partial charge in [0.15, 0.2) is 0 Å². The molecule has 17 heavy (non-hydrogen) atoms. The topological polar surface area (TPSA) is 63.0 Å². The summed E-state index contributed by atoms with van der Waals surface area (Å²) in [6.45, 7) is 1.42. The standard InChI is InChI=1S/C12H22N4O/c17-8-7-16-10-12(14-15-16)9-13-11-5-3-1-2-4-6-11/h10-11,13,17H,1-9H2. The van der Waals surface area contributed by atoms with Crippen molar-refractivity contribution in [3.63, 3.8) is 0 Å². The third-order valence-electron chi connectivity index (χ3n) is 3.34. The highest BCUT2D eigenvalue weighted by molar-refractivity contribution is 4.92. The third kappa shape index (κ3) is 4.09. The van der Waals surface area contributed by atoms with Crippen molar-refractivity contribution in [1.82, 2.24) is 20.3 Å². The molecule has 0 amide bonds. The van der Waals surface area contributed by atoms with Crippen molar-refractivity contribution >= 4 is 0 Å². The highest BCUT2D eigenvalue weighted by Gasteiger charge is 2.12. The van der Waals surface area contributed by atoms with Crippen LogP contribution in [0.4, 0.5) is 0 Å². The van der Waals surface area contributed by atoms with Gasteiger partial charge in [0, 0.05) is 18.8 Å². The molecule has 1 fully saturated rings. The molecule has 0 unspecified atom stereocenters. The average Bonchev–Trinajstić information content (AvgIpc) is 2.63. The molecule has 0 spiro atoms. The lowest BCUT2D eigenvalue weighted by molar-refractivity contribution is 0.268. The number of nitrogens with zero attached hydrogens (tertiary/aromatic N) is 3. The van der Waals surface area contributed by atoms with Crippen LogP contribution in [0.3, 0.4) is 0 Å². The molecule has 5 nitrogen and oxygen atoms in total. The van der Waals surface area contributed by atoms with Crippen molar-refractivity contribution in [3.05, 3.63) is 11.9 Å². The molecule has 0 atom stereocenters. The summed E-state index contributed by atoms with van der Waals surface area (Å²) in [5.41, 5.74) is 0.961. The normalized spacial score (nSPS) is 18.2. The minimum absolute atomic E-state index is 0.110. The molecular formula is C12H22N4O. The van der Waals surface area contributed by atoms with Crippen molar-refractivity contribution in [3.8, 4) is 0 Å². The molecule has 5 heteroatoms. The second-order valence-corrected chi connectivity index (χ2v) is 4.77. The summed E-state index contributed by atoms with van der Waals surface area (Å²) < 4.78 is 1.68. The lowest BCUT2D eigenvalue weighted by Crippen LogP contribution is -2.28. The van der Waals surface area contributed by atoms with E-state index < -0.39 is 0 Å². The van der Waals surface area contributed by atoms with Gasteiger partial charge in [0.2, 0.25) is 0 Å². The Kier molecular flexibility index (Phi) is 4.94. The number of aromatic nitrogens is 3. The summed E-state index contributed by atoms with van der Waals surface area (Å²) in [6, 6.07) is 0.639. The van der Waals surface area contributed by atoms with Crippen LogP contribution in [0.1, 0.15) is 44.2 Å². The van der Waals surface area contributed by atoms with E-state index in [0.29, 0.717) is 12.6 Å². The first-order valence-corrected chi connectivity index (χ1v) is 6.62. The zero-order valence-electron chi connectivity index (χ0n) is 10.3. The summed E-state index contributed by atoms with van der Waals surface area (Å²) in [7, 11) is 0. The van der Waals surface area contributed by atoms with Gasteiger partial charge in [0.25, 0.3) is 0 Å². The maximum Gasteiger partial charge on any atom is 0.0964 e. The van der Waals surface area contributed by atoms with Gasteiger partial charge in [-0.05, 0) is 12.8 Å². The monoisotopic (exact) mass is 238 g/mol. The van der Waals surface area contributed by atoms with E-state index in [1.165, 1.54) is 38.5 Å². The number of aliphatic hydroxyl groups excluding tert-OH is 1. The molecule has 1 saturated carbocycles. The summed E-state index contributed by atoms with van der Waals surface area (Å²) in [5, 5.41) is 20.4. The highest BCUT2D eigenvalue weighted by atomic mass is 16.3. The maximum atomic E-state index is 8.79. The largest absolute Gasteiger partial charge is 0.394 e. The van der Waals surface area contributed by atoms with E-state index in [2.05, 4.69) is 15.6 Å². The van der Waals surface area contributed by atoms with Crippen molar-refractivity contribution in [2.45, 2.75) is 57.7 Å². The Labute approximate surface area is 102 Å². The molecule has 2 rings (SSSR count). The molecule has 0 aliphatic heterocycles. The molecule has 0 radical (unpaired) electrons. The molecule has 0 saturated heterocycles. The number of aliphatic hydroxyl groups is 1. The second kappa shape index (κ2) is 6.71. The Morgan fingerprint density at radius 2 is 2.06 bits per heavy atom. The van der Waals surface area contributed by atoms with Crippen LogP contribution in [-0.4, -0.2) is 32.7 Å². The lowest BCUT2D eigenvalue weighted by atomic mass is 10.1. The fourth-order valence-corrected chi connectivity index (χ4v) is 2.36. The second-order valence-electron chi connectivity index (χ2n) is 4.77. The predicted octanol–water partition coefficient (Wildman–Crippen LogP) is 1.08. The summed E-state index contributed by atoms with van der Waals surface area (Å²) >= 11 is 0. The number of hydrogen-bond donors (Lipinski definition) is 2. The fourth-order valence-electron chi connectivity index (χ4n) is 2.36. The van der Waals surface area contributed by atoms with Crippen LogP contribution in [-0.2, 0) is 13.1 Å². The van der Waals surface area contributed by atoms with E-state index in [-0.39, 0.29) is 6.61 Å². The summed E-state index contributed by atoms with van der Waals surface area (Å²) in [5.74, 6) is 0. The smallest absolute Gasteiger partial charge is 0.0964 e. The van der Waals surface area contributed by atoms with Gasteiger partial charge in [0.1, 0.15) is 0 Å². The Bertz CT molecular complexity index is 318. The van der Waals surface area contributed by atoms with Crippen LogP contribution < -0.4 is 5.32 Å². The van der Waals surface area contributed by atoms with Crippen molar-refractivity contribution in [1.29, 1.82) is 0 Å².